The van der Waals surface area contributed by atoms with Crippen molar-refractivity contribution in [3.8, 4) is 5.88 Å². The van der Waals surface area contributed by atoms with Gasteiger partial charge in [0.15, 0.2) is 5.96 Å². The van der Waals surface area contributed by atoms with E-state index in [4.69, 9.17) is 9.47 Å². The van der Waals surface area contributed by atoms with Crippen molar-refractivity contribution in [2.24, 2.45) is 10.9 Å². The fourth-order valence-corrected chi connectivity index (χ4v) is 2.56. The predicted octanol–water partition coefficient (Wildman–Crippen LogP) is 2.53. The summed E-state index contributed by atoms with van der Waals surface area (Å²) < 4.78 is 10.4. The Bertz CT molecular complexity index is 488. The van der Waals surface area contributed by atoms with Crippen molar-refractivity contribution >= 4 is 29.9 Å². The first kappa shape index (κ1) is 21.0. The van der Waals surface area contributed by atoms with Gasteiger partial charge in [0.05, 0.1) is 6.61 Å². The summed E-state index contributed by atoms with van der Waals surface area (Å²) in [6.45, 7) is 6.26. The molecule has 0 amide bonds. The van der Waals surface area contributed by atoms with Crippen molar-refractivity contribution in [3.63, 3.8) is 0 Å². The number of nitrogens with one attached hydrogen (secondary N) is 1. The number of aromatic nitrogens is 1. The highest BCUT2D eigenvalue weighted by Crippen LogP contribution is 2.16. The molecular weight excluding hydrogens is 419 g/mol. The summed E-state index contributed by atoms with van der Waals surface area (Å²) in [6, 6.07) is 3.91. The number of ether oxygens (including phenoxy) is 2. The molecule has 0 atom stereocenters. The summed E-state index contributed by atoms with van der Waals surface area (Å²) in [7, 11) is 3.49. The summed E-state index contributed by atoms with van der Waals surface area (Å²) in [5, 5.41) is 3.42. The maximum Gasteiger partial charge on any atom is 0.213 e. The van der Waals surface area contributed by atoms with E-state index in [0.29, 0.717) is 25.6 Å². The molecule has 0 saturated carbocycles. The molecule has 136 valence electrons. The van der Waals surface area contributed by atoms with Gasteiger partial charge in [0.25, 0.3) is 0 Å². The number of aliphatic imine (C=N–C) groups is 1. The highest BCUT2D eigenvalue weighted by molar-refractivity contribution is 14.0. The minimum atomic E-state index is 0. The van der Waals surface area contributed by atoms with Crippen molar-refractivity contribution in [2.45, 2.75) is 26.3 Å². The Labute approximate surface area is 162 Å². The maximum atomic E-state index is 5.46. The number of rotatable bonds is 6. The summed E-state index contributed by atoms with van der Waals surface area (Å²) in [5.41, 5.74) is 1.11. The van der Waals surface area contributed by atoms with Crippen molar-refractivity contribution in [2.75, 3.05) is 40.5 Å². The third-order valence-electron chi connectivity index (χ3n) is 4.08. The van der Waals surface area contributed by atoms with Gasteiger partial charge in [-0.05, 0) is 24.3 Å². The molecule has 24 heavy (non-hydrogen) atoms. The van der Waals surface area contributed by atoms with E-state index in [9.17, 15) is 0 Å². The second-order valence-corrected chi connectivity index (χ2v) is 5.92. The zero-order chi connectivity index (χ0) is 16.5. The Balaban J connectivity index is 0.00000288. The molecule has 1 saturated heterocycles. The van der Waals surface area contributed by atoms with E-state index in [1.165, 1.54) is 12.8 Å². The first-order chi connectivity index (χ1) is 11.2. The van der Waals surface area contributed by atoms with Crippen LogP contribution in [0.25, 0.3) is 0 Å². The van der Waals surface area contributed by atoms with E-state index >= 15 is 0 Å². The Morgan fingerprint density at radius 1 is 1.33 bits per heavy atom. The number of halogens is 1. The minimum absolute atomic E-state index is 0. The Kier molecular flexibility index (Phi) is 10.0. The quantitative estimate of drug-likeness (QED) is 0.314. The van der Waals surface area contributed by atoms with Crippen molar-refractivity contribution < 1.29 is 9.47 Å². The van der Waals surface area contributed by atoms with Crippen LogP contribution in [0, 0.1) is 5.92 Å². The van der Waals surface area contributed by atoms with Crippen LogP contribution >= 0.6 is 24.0 Å². The molecule has 2 heterocycles. The number of piperidine rings is 1. The van der Waals surface area contributed by atoms with Gasteiger partial charge in [0, 0.05) is 46.1 Å². The summed E-state index contributed by atoms with van der Waals surface area (Å²) >= 11 is 0. The first-order valence-corrected chi connectivity index (χ1v) is 8.25. The van der Waals surface area contributed by atoms with Gasteiger partial charge in [-0.15, -0.1) is 24.0 Å². The van der Waals surface area contributed by atoms with Gasteiger partial charge in [0.1, 0.15) is 6.61 Å². The molecule has 1 aliphatic heterocycles. The van der Waals surface area contributed by atoms with E-state index in [2.05, 4.69) is 27.1 Å². The van der Waals surface area contributed by atoms with E-state index in [0.717, 1.165) is 30.5 Å². The van der Waals surface area contributed by atoms with Crippen LogP contribution < -0.4 is 10.1 Å². The van der Waals surface area contributed by atoms with Crippen LogP contribution in [0.15, 0.2) is 23.3 Å². The third-order valence-corrected chi connectivity index (χ3v) is 4.08. The normalized spacial score (nSPS) is 15.8. The molecule has 7 heteroatoms. The predicted molar refractivity (Wildman–Crippen MR) is 107 cm³/mol. The highest BCUT2D eigenvalue weighted by Gasteiger charge is 2.18. The lowest BCUT2D eigenvalue weighted by molar-refractivity contribution is 0.143. The van der Waals surface area contributed by atoms with Gasteiger partial charge in [-0.3, -0.25) is 4.99 Å². The number of likely N-dealkylation sites (tertiary alicyclic amines) is 1. The van der Waals surface area contributed by atoms with Gasteiger partial charge in [0.2, 0.25) is 5.88 Å². The van der Waals surface area contributed by atoms with Crippen LogP contribution in [0.1, 0.15) is 25.3 Å². The van der Waals surface area contributed by atoms with Crippen molar-refractivity contribution in [3.05, 3.63) is 23.9 Å². The lowest BCUT2D eigenvalue weighted by Gasteiger charge is -2.32. The van der Waals surface area contributed by atoms with Crippen LogP contribution in [-0.2, 0) is 11.3 Å². The Hall–Kier alpha value is -1.09. The first-order valence-electron chi connectivity index (χ1n) is 8.25. The summed E-state index contributed by atoms with van der Waals surface area (Å²) in [4.78, 5) is 11.0. The van der Waals surface area contributed by atoms with Gasteiger partial charge in [-0.25, -0.2) is 4.98 Å². The molecule has 1 N–H and O–H groups in total. The zero-order valence-corrected chi connectivity index (χ0v) is 17.2. The number of nitrogens with zero attached hydrogens (tertiary/aromatic N) is 3. The molecule has 0 aromatic carbocycles. The number of pyridine rings is 1. The maximum absolute atomic E-state index is 5.46. The molecule has 0 spiro atoms. The van der Waals surface area contributed by atoms with E-state index in [1.54, 1.807) is 7.11 Å². The monoisotopic (exact) mass is 448 g/mol. The lowest BCUT2D eigenvalue weighted by atomic mass is 10.00. The standard InChI is InChI=1S/C17H28N4O2.HI/c1-14-6-8-21(9-7-14)17(18-2)20-13-15-4-5-16(19-12-15)23-11-10-22-3;/h4-5,12,14H,6-11,13H2,1-3H3,(H,18,20);1H. The molecule has 1 aromatic heterocycles. The number of methoxy groups -OCH3 is 1. The molecule has 0 radical (unpaired) electrons. The average molecular weight is 448 g/mol. The third kappa shape index (κ3) is 6.80. The van der Waals surface area contributed by atoms with Crippen molar-refractivity contribution in [1.29, 1.82) is 0 Å². The van der Waals surface area contributed by atoms with Gasteiger partial charge in [-0.1, -0.05) is 13.0 Å². The largest absolute Gasteiger partial charge is 0.475 e. The van der Waals surface area contributed by atoms with Crippen molar-refractivity contribution in [1.82, 2.24) is 15.2 Å². The van der Waals surface area contributed by atoms with Gasteiger partial charge in [-0.2, -0.15) is 0 Å². The summed E-state index contributed by atoms with van der Waals surface area (Å²) in [6.07, 6.45) is 4.30. The van der Waals surface area contributed by atoms with Gasteiger partial charge >= 0.3 is 0 Å². The van der Waals surface area contributed by atoms with Crippen LogP contribution in [0.4, 0.5) is 0 Å². The summed E-state index contributed by atoms with van der Waals surface area (Å²) in [5.74, 6) is 2.41. The van der Waals surface area contributed by atoms with E-state index in [-0.39, 0.29) is 24.0 Å². The van der Waals surface area contributed by atoms with E-state index < -0.39 is 0 Å². The molecule has 1 aliphatic rings. The number of guanidine groups is 1. The highest BCUT2D eigenvalue weighted by atomic mass is 127. The molecule has 1 fully saturated rings. The molecule has 0 bridgehead atoms. The van der Waals surface area contributed by atoms with E-state index in [1.807, 2.05) is 25.4 Å². The Morgan fingerprint density at radius 3 is 2.67 bits per heavy atom. The fraction of sp³-hybridized carbons (Fsp3) is 0.647. The van der Waals surface area contributed by atoms with Crippen LogP contribution in [0.2, 0.25) is 0 Å². The Morgan fingerprint density at radius 2 is 2.08 bits per heavy atom. The molecule has 2 rings (SSSR count). The fourth-order valence-electron chi connectivity index (χ4n) is 2.56. The number of hydrogen-bond donors (Lipinski definition) is 1. The SMILES string of the molecule is CN=C(NCc1ccc(OCCOC)nc1)N1CCC(C)CC1.I. The lowest BCUT2D eigenvalue weighted by Crippen LogP contribution is -2.45. The number of hydrogen-bond acceptors (Lipinski definition) is 4. The van der Waals surface area contributed by atoms with Crippen LogP contribution in [-0.4, -0.2) is 56.3 Å². The second-order valence-electron chi connectivity index (χ2n) is 5.92. The molecular formula is C17H29IN4O2. The molecule has 0 aliphatic carbocycles. The molecule has 0 unspecified atom stereocenters. The van der Waals surface area contributed by atoms with Crippen LogP contribution in [0.5, 0.6) is 5.88 Å². The molecule has 6 nitrogen and oxygen atoms in total. The average Bonchev–Trinajstić information content (AvgIpc) is 2.58. The van der Waals surface area contributed by atoms with Gasteiger partial charge < -0.3 is 19.7 Å². The topological polar surface area (TPSA) is 59.0 Å². The minimum Gasteiger partial charge on any atom is -0.475 e. The molecule has 1 aromatic rings. The second kappa shape index (κ2) is 11.5. The zero-order valence-electron chi connectivity index (χ0n) is 14.8. The smallest absolute Gasteiger partial charge is 0.213 e. The van der Waals surface area contributed by atoms with Crippen LogP contribution in [0.3, 0.4) is 0 Å².